The molecule has 2 rings (SSSR count). The number of aliphatic hydroxyl groups excluding tert-OH is 1. The molecule has 1 saturated carbocycles. The lowest BCUT2D eigenvalue weighted by molar-refractivity contribution is -0.0144. The lowest BCUT2D eigenvalue weighted by Crippen LogP contribution is -2.24. The van der Waals surface area contributed by atoms with Crippen LogP contribution in [0.1, 0.15) is 25.7 Å². The smallest absolute Gasteiger partial charge is 0.0801 e. The van der Waals surface area contributed by atoms with Gasteiger partial charge >= 0.3 is 0 Å². The fourth-order valence-corrected chi connectivity index (χ4v) is 1.89. The fraction of sp³-hybridized carbons (Fsp3) is 1.00. The number of aliphatic hydroxyl groups is 1. The minimum atomic E-state index is -0.213. The van der Waals surface area contributed by atoms with Gasteiger partial charge in [0, 0.05) is 19.8 Å². The average Bonchev–Trinajstić information content (AvgIpc) is 3.02. The van der Waals surface area contributed by atoms with Crippen LogP contribution in [0, 0.1) is 11.8 Å². The molecule has 2 aliphatic rings. The SMILES string of the molecule is OC(COCC1CCOCC1)C1CC1. The van der Waals surface area contributed by atoms with Crippen LogP contribution in [-0.4, -0.2) is 37.6 Å². The Hall–Kier alpha value is -0.120. The molecule has 1 N–H and O–H groups in total. The van der Waals surface area contributed by atoms with E-state index in [4.69, 9.17) is 9.47 Å². The molecule has 0 radical (unpaired) electrons. The van der Waals surface area contributed by atoms with Gasteiger partial charge in [-0.25, -0.2) is 0 Å². The molecular weight excluding hydrogens is 180 g/mol. The Kier molecular flexibility index (Phi) is 3.79. The first kappa shape index (κ1) is 10.4. The molecule has 82 valence electrons. The minimum Gasteiger partial charge on any atom is -0.390 e. The Labute approximate surface area is 85.4 Å². The van der Waals surface area contributed by atoms with E-state index < -0.39 is 0 Å². The quantitative estimate of drug-likeness (QED) is 0.724. The van der Waals surface area contributed by atoms with Crippen molar-refractivity contribution in [3.8, 4) is 0 Å². The van der Waals surface area contributed by atoms with Gasteiger partial charge in [-0.1, -0.05) is 0 Å². The number of rotatable bonds is 5. The van der Waals surface area contributed by atoms with Gasteiger partial charge in [-0.15, -0.1) is 0 Å². The van der Waals surface area contributed by atoms with Crippen molar-refractivity contribution in [3.05, 3.63) is 0 Å². The third-order valence-electron chi connectivity index (χ3n) is 3.15. The van der Waals surface area contributed by atoms with Crippen LogP contribution in [-0.2, 0) is 9.47 Å². The molecule has 0 aromatic rings. The monoisotopic (exact) mass is 200 g/mol. The zero-order valence-corrected chi connectivity index (χ0v) is 8.65. The molecular formula is C11H20O3. The van der Waals surface area contributed by atoms with E-state index in [0.717, 1.165) is 32.7 Å². The highest BCUT2D eigenvalue weighted by Gasteiger charge is 2.29. The molecule has 1 unspecified atom stereocenters. The molecule has 1 aliphatic heterocycles. The Morgan fingerprint density at radius 3 is 2.57 bits per heavy atom. The molecule has 0 aromatic carbocycles. The van der Waals surface area contributed by atoms with Gasteiger partial charge in [-0.2, -0.15) is 0 Å². The molecule has 3 nitrogen and oxygen atoms in total. The largest absolute Gasteiger partial charge is 0.390 e. The number of hydrogen-bond donors (Lipinski definition) is 1. The minimum absolute atomic E-state index is 0.213. The Morgan fingerprint density at radius 2 is 1.93 bits per heavy atom. The van der Waals surface area contributed by atoms with E-state index in [1.165, 1.54) is 12.8 Å². The molecule has 14 heavy (non-hydrogen) atoms. The molecule has 1 aliphatic carbocycles. The predicted molar refractivity (Wildman–Crippen MR) is 53.1 cm³/mol. The van der Waals surface area contributed by atoms with Gasteiger partial charge in [0.25, 0.3) is 0 Å². The summed E-state index contributed by atoms with van der Waals surface area (Å²) in [6, 6.07) is 0. The van der Waals surface area contributed by atoms with E-state index in [2.05, 4.69) is 0 Å². The summed E-state index contributed by atoms with van der Waals surface area (Å²) in [5.74, 6) is 1.18. The van der Waals surface area contributed by atoms with Crippen molar-refractivity contribution in [2.75, 3.05) is 26.4 Å². The van der Waals surface area contributed by atoms with E-state index in [-0.39, 0.29) is 6.10 Å². The van der Waals surface area contributed by atoms with Gasteiger partial charge in [0.1, 0.15) is 0 Å². The second kappa shape index (κ2) is 5.10. The van der Waals surface area contributed by atoms with E-state index in [1.54, 1.807) is 0 Å². The van der Waals surface area contributed by atoms with Crippen LogP contribution < -0.4 is 0 Å². The lowest BCUT2D eigenvalue weighted by atomic mass is 10.0. The highest BCUT2D eigenvalue weighted by atomic mass is 16.5. The van der Waals surface area contributed by atoms with Crippen LogP contribution in [0.25, 0.3) is 0 Å². The Balaban J connectivity index is 1.52. The highest BCUT2D eigenvalue weighted by molar-refractivity contribution is 4.80. The van der Waals surface area contributed by atoms with Gasteiger partial charge in [0.05, 0.1) is 12.7 Å². The summed E-state index contributed by atoms with van der Waals surface area (Å²) < 4.78 is 10.8. The molecule has 1 heterocycles. The van der Waals surface area contributed by atoms with Gasteiger partial charge in [-0.05, 0) is 37.5 Å². The topological polar surface area (TPSA) is 38.7 Å². The molecule has 1 atom stereocenters. The van der Waals surface area contributed by atoms with Crippen LogP contribution in [0.5, 0.6) is 0 Å². The summed E-state index contributed by atoms with van der Waals surface area (Å²) in [5.41, 5.74) is 0. The van der Waals surface area contributed by atoms with Crippen LogP contribution in [0.2, 0.25) is 0 Å². The van der Waals surface area contributed by atoms with Crippen LogP contribution in [0.4, 0.5) is 0 Å². The lowest BCUT2D eigenvalue weighted by Gasteiger charge is -2.22. The van der Waals surface area contributed by atoms with Gasteiger partial charge < -0.3 is 14.6 Å². The average molecular weight is 200 g/mol. The molecule has 3 heteroatoms. The molecule has 0 amide bonds. The summed E-state index contributed by atoms with van der Waals surface area (Å²) in [5, 5.41) is 9.57. The third kappa shape index (κ3) is 3.23. The molecule has 0 aromatic heterocycles. The van der Waals surface area contributed by atoms with Crippen molar-refractivity contribution in [1.82, 2.24) is 0 Å². The summed E-state index contributed by atoms with van der Waals surface area (Å²) in [6.45, 7) is 3.08. The van der Waals surface area contributed by atoms with Gasteiger partial charge in [0.15, 0.2) is 0 Å². The second-order valence-electron chi connectivity index (χ2n) is 4.50. The summed E-state index contributed by atoms with van der Waals surface area (Å²) >= 11 is 0. The number of ether oxygens (including phenoxy) is 2. The highest BCUT2D eigenvalue weighted by Crippen LogP contribution is 2.32. The Bertz CT molecular complexity index is 162. The predicted octanol–water partition coefficient (Wildman–Crippen LogP) is 1.20. The zero-order chi connectivity index (χ0) is 9.80. The van der Waals surface area contributed by atoms with E-state index in [0.29, 0.717) is 18.4 Å². The molecule has 1 saturated heterocycles. The van der Waals surface area contributed by atoms with E-state index in [1.807, 2.05) is 0 Å². The maximum atomic E-state index is 9.57. The van der Waals surface area contributed by atoms with Gasteiger partial charge in [0.2, 0.25) is 0 Å². The van der Waals surface area contributed by atoms with Crippen molar-refractivity contribution < 1.29 is 14.6 Å². The summed E-state index contributed by atoms with van der Waals surface area (Å²) in [7, 11) is 0. The maximum Gasteiger partial charge on any atom is 0.0801 e. The molecule has 0 bridgehead atoms. The normalized spacial score (nSPS) is 26.4. The summed E-state index contributed by atoms with van der Waals surface area (Å²) in [6.07, 6.45) is 4.37. The maximum absolute atomic E-state index is 9.57. The zero-order valence-electron chi connectivity index (χ0n) is 8.65. The summed E-state index contributed by atoms with van der Waals surface area (Å²) in [4.78, 5) is 0. The first-order valence-corrected chi connectivity index (χ1v) is 5.70. The fourth-order valence-electron chi connectivity index (χ4n) is 1.89. The van der Waals surface area contributed by atoms with Crippen LogP contribution in [0.15, 0.2) is 0 Å². The first-order valence-electron chi connectivity index (χ1n) is 5.70. The van der Waals surface area contributed by atoms with Gasteiger partial charge in [-0.3, -0.25) is 0 Å². The standard InChI is InChI=1S/C11H20O3/c12-11(10-1-2-10)8-14-7-9-3-5-13-6-4-9/h9-12H,1-8H2. The van der Waals surface area contributed by atoms with E-state index >= 15 is 0 Å². The van der Waals surface area contributed by atoms with Crippen molar-refractivity contribution in [3.63, 3.8) is 0 Å². The van der Waals surface area contributed by atoms with E-state index in [9.17, 15) is 5.11 Å². The second-order valence-corrected chi connectivity index (χ2v) is 4.50. The third-order valence-corrected chi connectivity index (χ3v) is 3.15. The molecule has 0 spiro atoms. The van der Waals surface area contributed by atoms with Crippen molar-refractivity contribution >= 4 is 0 Å². The molecule has 2 fully saturated rings. The number of hydrogen-bond acceptors (Lipinski definition) is 3. The van der Waals surface area contributed by atoms with Crippen molar-refractivity contribution in [2.24, 2.45) is 11.8 Å². The Morgan fingerprint density at radius 1 is 1.21 bits per heavy atom. The van der Waals surface area contributed by atoms with Crippen molar-refractivity contribution in [1.29, 1.82) is 0 Å². The van der Waals surface area contributed by atoms with Crippen LogP contribution in [0.3, 0.4) is 0 Å². The van der Waals surface area contributed by atoms with Crippen molar-refractivity contribution in [2.45, 2.75) is 31.8 Å². The van der Waals surface area contributed by atoms with Crippen LogP contribution >= 0.6 is 0 Å². The first-order chi connectivity index (χ1) is 6.86.